The van der Waals surface area contributed by atoms with E-state index in [9.17, 15) is 14.7 Å². The Kier molecular flexibility index (Phi) is 4.27. The van der Waals surface area contributed by atoms with Gasteiger partial charge in [0.15, 0.2) is 0 Å². The molecule has 7 heteroatoms. The van der Waals surface area contributed by atoms with Gasteiger partial charge in [-0.15, -0.1) is 11.3 Å². The fraction of sp³-hybridized carbons (Fsp3) is 0.0625. The molecule has 1 N–H and O–H groups in total. The highest BCUT2D eigenvalue weighted by Gasteiger charge is 2.13. The van der Waals surface area contributed by atoms with Crippen molar-refractivity contribution in [2.24, 2.45) is 0 Å². The van der Waals surface area contributed by atoms with Crippen molar-refractivity contribution in [2.45, 2.75) is 6.54 Å². The number of benzene rings is 1. The number of aromatic nitrogens is 2. The molecule has 0 spiro atoms. The largest absolute Gasteiger partial charge is 0.478 e. The molecule has 0 amide bonds. The average Bonchev–Trinajstić information content (AvgIpc) is 2.99. The zero-order valence-electron chi connectivity index (χ0n) is 11.8. The van der Waals surface area contributed by atoms with Crippen molar-refractivity contribution >= 4 is 28.9 Å². The number of carbonyl (C=O) groups is 1. The molecule has 0 atom stereocenters. The summed E-state index contributed by atoms with van der Waals surface area (Å²) >= 11 is 7.25. The van der Waals surface area contributed by atoms with Crippen LogP contribution >= 0.6 is 22.9 Å². The number of thiazole rings is 1. The Hall–Kier alpha value is -2.44. The van der Waals surface area contributed by atoms with E-state index in [-0.39, 0.29) is 11.1 Å². The quantitative estimate of drug-likeness (QED) is 0.786. The molecule has 0 radical (unpaired) electrons. The van der Waals surface area contributed by atoms with Crippen LogP contribution in [0.25, 0.3) is 10.4 Å². The van der Waals surface area contributed by atoms with Gasteiger partial charge in [0.25, 0.3) is 5.56 Å². The summed E-state index contributed by atoms with van der Waals surface area (Å²) in [6.07, 6.45) is 3.17. The minimum Gasteiger partial charge on any atom is -0.478 e. The summed E-state index contributed by atoms with van der Waals surface area (Å²) in [6, 6.07) is 9.70. The molecule has 0 aliphatic rings. The van der Waals surface area contributed by atoms with Crippen molar-refractivity contribution < 1.29 is 9.90 Å². The molecule has 0 saturated carbocycles. The van der Waals surface area contributed by atoms with Crippen LogP contribution < -0.4 is 5.56 Å². The Morgan fingerprint density at radius 2 is 2.04 bits per heavy atom. The van der Waals surface area contributed by atoms with E-state index < -0.39 is 5.97 Å². The number of hydrogen-bond donors (Lipinski definition) is 1. The van der Waals surface area contributed by atoms with Crippen LogP contribution in [-0.2, 0) is 6.54 Å². The Morgan fingerprint density at radius 1 is 1.26 bits per heavy atom. The summed E-state index contributed by atoms with van der Waals surface area (Å²) in [5.41, 5.74) is 0.668. The zero-order valence-corrected chi connectivity index (χ0v) is 13.3. The van der Waals surface area contributed by atoms with Crippen molar-refractivity contribution in [1.82, 2.24) is 9.55 Å². The maximum absolute atomic E-state index is 11.8. The van der Waals surface area contributed by atoms with Gasteiger partial charge in [-0.05, 0) is 12.1 Å². The summed E-state index contributed by atoms with van der Waals surface area (Å²) in [7, 11) is 0. The molecule has 0 aliphatic carbocycles. The summed E-state index contributed by atoms with van der Waals surface area (Å²) in [5.74, 6) is -0.985. The number of halogens is 1. The third kappa shape index (κ3) is 3.33. The minimum absolute atomic E-state index is 0.169. The zero-order chi connectivity index (χ0) is 16.4. The van der Waals surface area contributed by atoms with E-state index in [0.717, 1.165) is 4.88 Å². The lowest BCUT2D eigenvalue weighted by molar-refractivity contribution is 0.0698. The number of carboxylic acids is 1. The van der Waals surface area contributed by atoms with Crippen LogP contribution in [0.3, 0.4) is 0 Å². The Labute approximate surface area is 140 Å². The standard InChI is InChI=1S/C16H11ClN2O3S/c17-10-5-6-15(20)19(8-10)9-14-18-7-13(23-14)11-3-1-2-4-12(11)16(21)22/h1-8H,9H2,(H,21,22). The molecule has 116 valence electrons. The van der Waals surface area contributed by atoms with Gasteiger partial charge in [0.05, 0.1) is 22.0 Å². The lowest BCUT2D eigenvalue weighted by Gasteiger charge is -2.03. The fourth-order valence-corrected chi connectivity index (χ4v) is 3.30. The van der Waals surface area contributed by atoms with E-state index in [1.54, 1.807) is 36.7 Å². The van der Waals surface area contributed by atoms with Crippen molar-refractivity contribution in [1.29, 1.82) is 0 Å². The molecular weight excluding hydrogens is 336 g/mol. The van der Waals surface area contributed by atoms with E-state index in [1.165, 1.54) is 28.0 Å². The van der Waals surface area contributed by atoms with E-state index in [2.05, 4.69) is 4.98 Å². The lowest BCUT2D eigenvalue weighted by Crippen LogP contribution is -2.18. The second kappa shape index (κ2) is 6.36. The van der Waals surface area contributed by atoms with Crippen LogP contribution in [0.2, 0.25) is 5.02 Å². The highest BCUT2D eigenvalue weighted by Crippen LogP contribution is 2.29. The van der Waals surface area contributed by atoms with Crippen LogP contribution in [0.5, 0.6) is 0 Å². The van der Waals surface area contributed by atoms with Crippen molar-refractivity contribution in [3.8, 4) is 10.4 Å². The molecule has 2 heterocycles. The summed E-state index contributed by atoms with van der Waals surface area (Å²) in [6.45, 7) is 0.291. The maximum Gasteiger partial charge on any atom is 0.336 e. The van der Waals surface area contributed by atoms with Gasteiger partial charge in [0.1, 0.15) is 5.01 Å². The van der Waals surface area contributed by atoms with E-state index >= 15 is 0 Å². The van der Waals surface area contributed by atoms with E-state index in [1.807, 2.05) is 0 Å². The predicted octanol–water partition coefficient (Wildman–Crippen LogP) is 3.37. The normalized spacial score (nSPS) is 10.7. The number of pyridine rings is 1. The number of nitrogens with zero attached hydrogens (tertiary/aromatic N) is 2. The molecule has 0 fully saturated rings. The highest BCUT2D eigenvalue weighted by molar-refractivity contribution is 7.15. The van der Waals surface area contributed by atoms with Gasteiger partial charge in [-0.2, -0.15) is 0 Å². The molecule has 23 heavy (non-hydrogen) atoms. The predicted molar refractivity (Wildman–Crippen MR) is 89.3 cm³/mol. The molecule has 3 aromatic rings. The van der Waals surface area contributed by atoms with Crippen molar-refractivity contribution in [3.05, 3.63) is 74.7 Å². The van der Waals surface area contributed by atoms with Crippen LogP contribution in [0, 0.1) is 0 Å². The Morgan fingerprint density at radius 3 is 2.83 bits per heavy atom. The first-order valence-corrected chi connectivity index (χ1v) is 7.87. The van der Waals surface area contributed by atoms with Crippen LogP contribution in [0.15, 0.2) is 53.6 Å². The SMILES string of the molecule is O=C(O)c1ccccc1-c1cnc(Cn2cc(Cl)ccc2=O)s1. The maximum atomic E-state index is 11.8. The minimum atomic E-state index is -0.985. The highest BCUT2D eigenvalue weighted by atomic mass is 35.5. The fourth-order valence-electron chi connectivity index (χ4n) is 2.16. The smallest absolute Gasteiger partial charge is 0.336 e. The topological polar surface area (TPSA) is 72.2 Å². The van der Waals surface area contributed by atoms with Gasteiger partial charge >= 0.3 is 5.97 Å². The van der Waals surface area contributed by atoms with Gasteiger partial charge in [-0.3, -0.25) is 4.79 Å². The molecule has 3 rings (SSSR count). The van der Waals surface area contributed by atoms with Crippen LogP contribution in [0.1, 0.15) is 15.4 Å². The third-order valence-electron chi connectivity index (χ3n) is 3.23. The summed E-state index contributed by atoms with van der Waals surface area (Å²) in [5, 5.41) is 10.4. The number of rotatable bonds is 4. The molecule has 0 saturated heterocycles. The first-order valence-electron chi connectivity index (χ1n) is 6.68. The monoisotopic (exact) mass is 346 g/mol. The molecule has 2 aromatic heterocycles. The van der Waals surface area contributed by atoms with Gasteiger partial charge in [-0.25, -0.2) is 9.78 Å². The second-order valence-electron chi connectivity index (χ2n) is 4.78. The third-order valence-corrected chi connectivity index (χ3v) is 4.47. The summed E-state index contributed by atoms with van der Waals surface area (Å²) < 4.78 is 1.47. The number of carboxylic acid groups (broad SMARTS) is 1. The molecule has 1 aromatic carbocycles. The molecule has 0 unspecified atom stereocenters. The van der Waals surface area contributed by atoms with Gasteiger partial charge < -0.3 is 9.67 Å². The average molecular weight is 347 g/mol. The Bertz CT molecular complexity index is 933. The molecule has 0 aliphatic heterocycles. The van der Waals surface area contributed by atoms with Gasteiger partial charge in [0, 0.05) is 24.0 Å². The number of hydrogen-bond acceptors (Lipinski definition) is 4. The first kappa shape index (κ1) is 15.5. The van der Waals surface area contributed by atoms with Gasteiger partial charge in [-0.1, -0.05) is 29.8 Å². The molecule has 0 bridgehead atoms. The summed E-state index contributed by atoms with van der Waals surface area (Å²) in [4.78, 5) is 28.1. The first-order chi connectivity index (χ1) is 11.0. The van der Waals surface area contributed by atoms with E-state index in [0.29, 0.717) is 22.1 Å². The molecular formula is C16H11ClN2O3S. The van der Waals surface area contributed by atoms with Crippen molar-refractivity contribution in [2.75, 3.05) is 0 Å². The van der Waals surface area contributed by atoms with Crippen LogP contribution in [0.4, 0.5) is 0 Å². The lowest BCUT2D eigenvalue weighted by atomic mass is 10.1. The van der Waals surface area contributed by atoms with Crippen LogP contribution in [-0.4, -0.2) is 20.6 Å². The molecule has 5 nitrogen and oxygen atoms in total. The Balaban J connectivity index is 1.94. The van der Waals surface area contributed by atoms with Gasteiger partial charge in [0.2, 0.25) is 0 Å². The van der Waals surface area contributed by atoms with E-state index in [4.69, 9.17) is 11.6 Å². The van der Waals surface area contributed by atoms with Crippen molar-refractivity contribution in [3.63, 3.8) is 0 Å². The number of aromatic carboxylic acids is 1. The second-order valence-corrected chi connectivity index (χ2v) is 6.33.